The van der Waals surface area contributed by atoms with Crippen LogP contribution in [0.3, 0.4) is 0 Å². The van der Waals surface area contributed by atoms with Gasteiger partial charge in [-0.1, -0.05) is 13.3 Å². The second-order valence-electron chi connectivity index (χ2n) is 6.45. The van der Waals surface area contributed by atoms with Gasteiger partial charge in [0.25, 0.3) is 5.91 Å². The number of nitrogens with zero attached hydrogens (tertiary/aromatic N) is 1. The minimum atomic E-state index is -1.06. The Hall–Kier alpha value is -2.37. The molecule has 130 valence electrons. The highest BCUT2D eigenvalue weighted by Gasteiger charge is 2.41. The lowest BCUT2D eigenvalue weighted by atomic mass is 10.0. The van der Waals surface area contributed by atoms with Crippen LogP contribution in [0, 0.1) is 0 Å². The maximum Gasteiger partial charge on any atom is 0.271 e. The van der Waals surface area contributed by atoms with Crippen LogP contribution in [0.4, 0.5) is 5.69 Å². The molecule has 0 spiro atoms. The summed E-state index contributed by atoms with van der Waals surface area (Å²) < 4.78 is 5.74. The minimum absolute atomic E-state index is 0.0936. The molecule has 6 nitrogen and oxygen atoms in total. The average Bonchev–Trinajstić information content (AvgIpc) is 2.51. The van der Waals surface area contributed by atoms with Gasteiger partial charge in [0.15, 0.2) is 11.4 Å². The van der Waals surface area contributed by atoms with E-state index in [2.05, 4.69) is 5.32 Å². The number of nitrogens with one attached hydrogen (secondary N) is 1. The Balaban J connectivity index is 2.31. The van der Waals surface area contributed by atoms with Crippen LogP contribution in [0.2, 0.25) is 0 Å². The number of ether oxygens (including phenoxy) is 1. The Morgan fingerprint density at radius 2 is 2.00 bits per heavy atom. The van der Waals surface area contributed by atoms with Gasteiger partial charge in [-0.05, 0) is 45.4 Å². The predicted octanol–water partition coefficient (Wildman–Crippen LogP) is 2.31. The number of hydrogen-bond acceptors (Lipinski definition) is 4. The molecular weight excluding hydrogens is 308 g/mol. The molecular formula is C18H24N2O4. The lowest BCUT2D eigenvalue weighted by molar-refractivity contribution is -0.134. The van der Waals surface area contributed by atoms with Gasteiger partial charge in [0.2, 0.25) is 5.91 Å². The first kappa shape index (κ1) is 18.0. The number of unbranched alkanes of at least 4 members (excludes halogenated alkanes) is 1. The van der Waals surface area contributed by atoms with Crippen LogP contribution in [0.15, 0.2) is 18.2 Å². The van der Waals surface area contributed by atoms with Crippen LogP contribution in [0.5, 0.6) is 5.75 Å². The normalized spacial score (nSPS) is 15.5. The molecule has 0 unspecified atom stereocenters. The van der Waals surface area contributed by atoms with Gasteiger partial charge in [0.05, 0.1) is 5.69 Å². The zero-order chi connectivity index (χ0) is 17.9. The first-order valence-corrected chi connectivity index (χ1v) is 8.19. The van der Waals surface area contributed by atoms with Crippen LogP contribution in [0.1, 0.15) is 50.9 Å². The molecule has 24 heavy (non-hydrogen) atoms. The Bertz CT molecular complexity index is 667. The van der Waals surface area contributed by atoms with E-state index >= 15 is 0 Å². The monoisotopic (exact) mass is 332 g/mol. The van der Waals surface area contributed by atoms with Crippen molar-refractivity contribution in [2.75, 3.05) is 18.0 Å². The number of Topliss-reactive ketones (excluding diaryl/α,β-unsaturated/α-hetero) is 1. The molecule has 0 atom stereocenters. The molecule has 0 aliphatic carbocycles. The van der Waals surface area contributed by atoms with E-state index in [0.29, 0.717) is 23.5 Å². The van der Waals surface area contributed by atoms with Gasteiger partial charge in [-0.15, -0.1) is 0 Å². The number of carbonyl (C=O) groups excluding carboxylic acids is 3. The zero-order valence-electron chi connectivity index (χ0n) is 14.6. The first-order chi connectivity index (χ1) is 11.3. The molecule has 0 aromatic heterocycles. The smallest absolute Gasteiger partial charge is 0.271 e. The van der Waals surface area contributed by atoms with Crippen molar-refractivity contribution in [3.05, 3.63) is 23.8 Å². The largest absolute Gasteiger partial charge is 0.476 e. The van der Waals surface area contributed by atoms with E-state index in [4.69, 9.17) is 4.74 Å². The van der Waals surface area contributed by atoms with Crippen molar-refractivity contribution < 1.29 is 19.1 Å². The third-order valence-corrected chi connectivity index (χ3v) is 3.94. The molecule has 2 amide bonds. The summed E-state index contributed by atoms with van der Waals surface area (Å²) in [6.07, 6.45) is 1.87. The van der Waals surface area contributed by atoms with Crippen LogP contribution < -0.4 is 15.0 Å². The van der Waals surface area contributed by atoms with Crippen molar-refractivity contribution in [2.24, 2.45) is 0 Å². The van der Waals surface area contributed by atoms with Crippen molar-refractivity contribution in [3.63, 3.8) is 0 Å². The molecule has 0 radical (unpaired) electrons. The first-order valence-electron chi connectivity index (χ1n) is 8.19. The molecule has 1 aromatic carbocycles. The third kappa shape index (κ3) is 3.75. The topological polar surface area (TPSA) is 75.7 Å². The Labute approximate surface area is 142 Å². The summed E-state index contributed by atoms with van der Waals surface area (Å²) in [5, 5.41) is 2.81. The number of benzene rings is 1. The molecule has 2 rings (SSSR count). The molecule has 6 heteroatoms. The van der Waals surface area contributed by atoms with Crippen LogP contribution in [-0.4, -0.2) is 36.3 Å². The number of fused-ring (bicyclic) bond motifs is 1. The molecule has 0 saturated carbocycles. The third-order valence-electron chi connectivity index (χ3n) is 3.94. The molecule has 1 heterocycles. The molecule has 1 aromatic rings. The summed E-state index contributed by atoms with van der Waals surface area (Å²) in [7, 11) is 0. The molecule has 1 aliphatic heterocycles. The Kier molecular flexibility index (Phi) is 5.26. The second-order valence-corrected chi connectivity index (χ2v) is 6.45. The number of carbonyl (C=O) groups is 3. The summed E-state index contributed by atoms with van der Waals surface area (Å²) in [4.78, 5) is 37.9. The van der Waals surface area contributed by atoms with Crippen molar-refractivity contribution in [3.8, 4) is 5.75 Å². The number of ketones is 1. The van der Waals surface area contributed by atoms with Crippen LogP contribution in [0.25, 0.3) is 0 Å². The van der Waals surface area contributed by atoms with E-state index in [0.717, 1.165) is 12.8 Å². The van der Waals surface area contributed by atoms with Crippen LogP contribution >= 0.6 is 0 Å². The highest BCUT2D eigenvalue weighted by Crippen LogP contribution is 2.38. The van der Waals surface area contributed by atoms with Gasteiger partial charge in [0, 0.05) is 12.1 Å². The molecule has 1 aliphatic rings. The van der Waals surface area contributed by atoms with E-state index in [9.17, 15) is 14.4 Å². The van der Waals surface area contributed by atoms with Crippen molar-refractivity contribution >= 4 is 23.3 Å². The Morgan fingerprint density at radius 1 is 1.29 bits per heavy atom. The summed E-state index contributed by atoms with van der Waals surface area (Å²) in [6.45, 7) is 7.32. The van der Waals surface area contributed by atoms with E-state index in [1.807, 2.05) is 6.92 Å². The fourth-order valence-corrected chi connectivity index (χ4v) is 2.55. The van der Waals surface area contributed by atoms with Gasteiger partial charge in [-0.2, -0.15) is 0 Å². The number of anilines is 1. The van der Waals surface area contributed by atoms with E-state index in [1.54, 1.807) is 32.0 Å². The molecule has 0 bridgehead atoms. The molecule has 0 fully saturated rings. The fourth-order valence-electron chi connectivity index (χ4n) is 2.55. The summed E-state index contributed by atoms with van der Waals surface area (Å²) >= 11 is 0. The number of rotatable bonds is 6. The second kappa shape index (κ2) is 7.03. The molecule has 1 N–H and O–H groups in total. The SMILES string of the molecule is CCCCNC(=O)CN1C(=O)C(C)(C)Oc2ccc(C(C)=O)cc21. The predicted molar refractivity (Wildman–Crippen MR) is 91.4 cm³/mol. The van der Waals surface area contributed by atoms with Crippen molar-refractivity contribution in [2.45, 2.75) is 46.1 Å². The van der Waals surface area contributed by atoms with Gasteiger partial charge in [-0.25, -0.2) is 0 Å². The average molecular weight is 332 g/mol. The van der Waals surface area contributed by atoms with Crippen molar-refractivity contribution in [1.82, 2.24) is 5.32 Å². The summed E-state index contributed by atoms with van der Waals surface area (Å²) in [5.74, 6) is -0.150. The minimum Gasteiger partial charge on any atom is -0.476 e. The lowest BCUT2D eigenvalue weighted by Crippen LogP contribution is -2.55. The maximum atomic E-state index is 12.7. The van der Waals surface area contributed by atoms with Gasteiger partial charge in [0.1, 0.15) is 12.3 Å². The Morgan fingerprint density at radius 3 is 2.62 bits per heavy atom. The number of hydrogen-bond donors (Lipinski definition) is 1. The van der Waals surface area contributed by atoms with Crippen LogP contribution in [-0.2, 0) is 9.59 Å². The van der Waals surface area contributed by atoms with Crippen molar-refractivity contribution in [1.29, 1.82) is 0 Å². The van der Waals surface area contributed by atoms with Gasteiger partial charge in [-0.3, -0.25) is 19.3 Å². The van der Waals surface area contributed by atoms with E-state index in [-0.39, 0.29) is 24.1 Å². The number of amides is 2. The maximum absolute atomic E-state index is 12.7. The lowest BCUT2D eigenvalue weighted by Gasteiger charge is -2.38. The molecule has 0 saturated heterocycles. The van der Waals surface area contributed by atoms with Gasteiger partial charge >= 0.3 is 0 Å². The summed E-state index contributed by atoms with van der Waals surface area (Å²) in [5.41, 5.74) is -0.132. The quantitative estimate of drug-likeness (QED) is 0.641. The van der Waals surface area contributed by atoms with E-state index in [1.165, 1.54) is 11.8 Å². The highest BCUT2D eigenvalue weighted by molar-refractivity contribution is 6.07. The summed E-state index contributed by atoms with van der Waals surface area (Å²) in [6, 6.07) is 4.93. The highest BCUT2D eigenvalue weighted by atomic mass is 16.5. The van der Waals surface area contributed by atoms with E-state index < -0.39 is 5.60 Å². The fraction of sp³-hybridized carbons (Fsp3) is 0.500. The zero-order valence-corrected chi connectivity index (χ0v) is 14.6. The van der Waals surface area contributed by atoms with Gasteiger partial charge < -0.3 is 10.1 Å². The standard InChI is InChI=1S/C18H24N2O4/c1-5-6-9-19-16(22)11-20-14-10-13(12(2)21)7-8-15(14)24-18(3,4)17(20)23/h7-8,10H,5-6,9,11H2,1-4H3,(H,19,22).